The van der Waals surface area contributed by atoms with E-state index in [0.29, 0.717) is 17.9 Å². The molecule has 0 radical (unpaired) electrons. The number of benzene rings is 2. The number of halogens is 3. The molecule has 0 heterocycles. The van der Waals surface area contributed by atoms with Gasteiger partial charge in [-0.15, -0.1) is 0 Å². The van der Waals surface area contributed by atoms with E-state index in [2.05, 4.69) is 0 Å². The molecule has 0 spiro atoms. The summed E-state index contributed by atoms with van der Waals surface area (Å²) in [6.45, 7) is 0. The van der Waals surface area contributed by atoms with Crippen LogP contribution in [-0.2, 0) is 6.42 Å². The Morgan fingerprint density at radius 3 is 2.10 bits per heavy atom. The monoisotopic (exact) mass is 281 g/mol. The Morgan fingerprint density at radius 1 is 1.05 bits per heavy atom. The molecule has 0 aromatic heterocycles. The maximum atomic E-state index is 13.6. The summed E-state index contributed by atoms with van der Waals surface area (Å²) in [4.78, 5) is 0. The lowest BCUT2D eigenvalue weighted by molar-refractivity contribution is 0.414. The van der Waals surface area contributed by atoms with Crippen molar-refractivity contribution in [3.8, 4) is 5.75 Å². The maximum Gasteiger partial charge on any atom is 0.133 e. The molecule has 2 N–H and O–H groups in total. The molecular formula is C15H14F3NO. The van der Waals surface area contributed by atoms with E-state index in [9.17, 15) is 13.2 Å². The zero-order chi connectivity index (χ0) is 14.7. The number of ether oxygens (including phenoxy) is 1. The molecular weight excluding hydrogens is 267 g/mol. The van der Waals surface area contributed by atoms with Gasteiger partial charge in [-0.2, -0.15) is 0 Å². The Balaban J connectivity index is 2.21. The van der Waals surface area contributed by atoms with Gasteiger partial charge in [-0.05, 0) is 24.1 Å². The summed E-state index contributed by atoms with van der Waals surface area (Å²) in [6.07, 6.45) is 0.240. The van der Waals surface area contributed by atoms with Crippen LogP contribution in [0.5, 0.6) is 5.75 Å². The van der Waals surface area contributed by atoms with Gasteiger partial charge < -0.3 is 10.5 Å². The van der Waals surface area contributed by atoms with E-state index in [-0.39, 0.29) is 12.0 Å². The zero-order valence-corrected chi connectivity index (χ0v) is 10.9. The van der Waals surface area contributed by atoms with Gasteiger partial charge in [-0.25, -0.2) is 13.2 Å². The Hall–Kier alpha value is -2.01. The topological polar surface area (TPSA) is 35.2 Å². The number of nitrogens with two attached hydrogens (primary N) is 1. The third-order valence-electron chi connectivity index (χ3n) is 3.03. The molecule has 5 heteroatoms. The van der Waals surface area contributed by atoms with Crippen molar-refractivity contribution in [2.75, 3.05) is 7.11 Å². The molecule has 0 bridgehead atoms. The first-order chi connectivity index (χ1) is 9.51. The molecule has 0 saturated carbocycles. The summed E-state index contributed by atoms with van der Waals surface area (Å²) in [5, 5.41) is 0. The Bertz CT molecular complexity index is 576. The smallest absolute Gasteiger partial charge is 0.133 e. The molecule has 0 aliphatic heterocycles. The molecule has 2 nitrogen and oxygen atoms in total. The molecule has 0 amide bonds. The van der Waals surface area contributed by atoms with Crippen LogP contribution in [-0.4, -0.2) is 7.11 Å². The predicted octanol–water partition coefficient (Wildman–Crippen LogP) is 3.36. The normalized spacial score (nSPS) is 12.2. The number of hydrogen-bond donors (Lipinski definition) is 1. The van der Waals surface area contributed by atoms with Gasteiger partial charge in [0, 0.05) is 23.7 Å². The second-order valence-electron chi connectivity index (χ2n) is 4.44. The molecule has 20 heavy (non-hydrogen) atoms. The van der Waals surface area contributed by atoms with Gasteiger partial charge in [0.1, 0.15) is 23.2 Å². The Kier molecular flexibility index (Phi) is 4.29. The van der Waals surface area contributed by atoms with Gasteiger partial charge in [0.2, 0.25) is 0 Å². The third-order valence-corrected chi connectivity index (χ3v) is 3.03. The molecule has 0 aliphatic rings. The van der Waals surface area contributed by atoms with Crippen LogP contribution in [0.15, 0.2) is 36.4 Å². The summed E-state index contributed by atoms with van der Waals surface area (Å²) >= 11 is 0. The van der Waals surface area contributed by atoms with Crippen LogP contribution in [0.3, 0.4) is 0 Å². The SMILES string of the molecule is COc1ccc(CC(N)c2c(F)cc(F)cc2F)cc1. The summed E-state index contributed by atoms with van der Waals surface area (Å²) in [7, 11) is 1.55. The molecule has 2 aromatic rings. The minimum Gasteiger partial charge on any atom is -0.497 e. The second kappa shape index (κ2) is 5.96. The fourth-order valence-corrected chi connectivity index (χ4v) is 2.03. The van der Waals surface area contributed by atoms with Crippen molar-refractivity contribution < 1.29 is 17.9 Å². The van der Waals surface area contributed by atoms with Gasteiger partial charge in [-0.1, -0.05) is 12.1 Å². The fourth-order valence-electron chi connectivity index (χ4n) is 2.03. The van der Waals surface area contributed by atoms with Gasteiger partial charge in [0.05, 0.1) is 7.11 Å². The predicted molar refractivity (Wildman–Crippen MR) is 69.9 cm³/mol. The van der Waals surface area contributed by atoms with E-state index in [1.165, 1.54) is 0 Å². The zero-order valence-electron chi connectivity index (χ0n) is 10.9. The largest absolute Gasteiger partial charge is 0.497 e. The van der Waals surface area contributed by atoms with Crippen molar-refractivity contribution >= 4 is 0 Å². The van der Waals surface area contributed by atoms with Crippen molar-refractivity contribution in [3.63, 3.8) is 0 Å². The minimum absolute atomic E-state index is 0.240. The first kappa shape index (κ1) is 14.4. The van der Waals surface area contributed by atoms with Crippen molar-refractivity contribution in [2.24, 2.45) is 5.73 Å². The van der Waals surface area contributed by atoms with Gasteiger partial charge in [0.25, 0.3) is 0 Å². The Morgan fingerprint density at radius 2 is 1.60 bits per heavy atom. The van der Waals surface area contributed by atoms with E-state index < -0.39 is 23.5 Å². The first-order valence-corrected chi connectivity index (χ1v) is 6.04. The molecule has 0 fully saturated rings. The lowest BCUT2D eigenvalue weighted by atomic mass is 9.98. The van der Waals surface area contributed by atoms with E-state index >= 15 is 0 Å². The highest BCUT2D eigenvalue weighted by Gasteiger charge is 2.18. The van der Waals surface area contributed by atoms with E-state index in [1.54, 1.807) is 31.4 Å². The van der Waals surface area contributed by atoms with Crippen molar-refractivity contribution in [1.82, 2.24) is 0 Å². The molecule has 2 rings (SSSR count). The van der Waals surface area contributed by atoms with Crippen molar-refractivity contribution in [1.29, 1.82) is 0 Å². The van der Waals surface area contributed by atoms with E-state index in [1.807, 2.05) is 0 Å². The summed E-state index contributed by atoms with van der Waals surface area (Å²) < 4.78 is 45.1. The molecule has 2 aromatic carbocycles. The molecule has 0 saturated heterocycles. The average molecular weight is 281 g/mol. The second-order valence-corrected chi connectivity index (χ2v) is 4.44. The highest BCUT2D eigenvalue weighted by molar-refractivity contribution is 5.30. The fraction of sp³-hybridized carbons (Fsp3) is 0.200. The van der Waals surface area contributed by atoms with Gasteiger partial charge >= 0.3 is 0 Å². The van der Waals surface area contributed by atoms with Crippen LogP contribution in [0.4, 0.5) is 13.2 Å². The minimum atomic E-state index is -0.969. The lowest BCUT2D eigenvalue weighted by Crippen LogP contribution is -2.17. The first-order valence-electron chi connectivity index (χ1n) is 6.04. The molecule has 0 aliphatic carbocycles. The molecule has 106 valence electrons. The van der Waals surface area contributed by atoms with Crippen molar-refractivity contribution in [2.45, 2.75) is 12.5 Å². The van der Waals surface area contributed by atoms with Crippen LogP contribution < -0.4 is 10.5 Å². The maximum absolute atomic E-state index is 13.6. The lowest BCUT2D eigenvalue weighted by Gasteiger charge is -2.14. The van der Waals surface area contributed by atoms with E-state index in [4.69, 9.17) is 10.5 Å². The third kappa shape index (κ3) is 3.11. The standard InChI is InChI=1S/C15H14F3NO/c1-20-11-4-2-9(3-5-11)6-14(19)15-12(17)7-10(16)8-13(15)18/h2-5,7-8,14H,6,19H2,1H3. The van der Waals surface area contributed by atoms with Crippen molar-refractivity contribution in [3.05, 3.63) is 65.0 Å². The van der Waals surface area contributed by atoms with Crippen LogP contribution in [0.25, 0.3) is 0 Å². The Labute approximate surface area is 115 Å². The van der Waals surface area contributed by atoms with Gasteiger partial charge in [-0.3, -0.25) is 0 Å². The van der Waals surface area contributed by atoms with Crippen LogP contribution in [0.1, 0.15) is 17.2 Å². The summed E-state index contributed by atoms with van der Waals surface area (Å²) in [5.41, 5.74) is 6.32. The van der Waals surface area contributed by atoms with Gasteiger partial charge in [0.15, 0.2) is 0 Å². The molecule has 1 atom stereocenters. The van der Waals surface area contributed by atoms with Crippen LogP contribution >= 0.6 is 0 Å². The van der Waals surface area contributed by atoms with Crippen LogP contribution in [0, 0.1) is 17.5 Å². The van der Waals surface area contributed by atoms with Crippen LogP contribution in [0.2, 0.25) is 0 Å². The number of rotatable bonds is 4. The quantitative estimate of drug-likeness (QED) is 0.932. The summed E-state index contributed by atoms with van der Waals surface area (Å²) in [5.74, 6) is -2.21. The van der Waals surface area contributed by atoms with E-state index in [0.717, 1.165) is 5.56 Å². The summed E-state index contributed by atoms with van der Waals surface area (Å²) in [6, 6.07) is 7.37. The highest BCUT2D eigenvalue weighted by atomic mass is 19.1. The molecule has 1 unspecified atom stereocenters. The average Bonchev–Trinajstić information content (AvgIpc) is 2.38. The highest BCUT2D eigenvalue weighted by Crippen LogP contribution is 2.24. The number of methoxy groups -OCH3 is 1. The number of hydrogen-bond acceptors (Lipinski definition) is 2.